The van der Waals surface area contributed by atoms with Crippen molar-refractivity contribution in [1.82, 2.24) is 10.1 Å². The predicted octanol–water partition coefficient (Wildman–Crippen LogP) is 3.24. The second-order valence-corrected chi connectivity index (χ2v) is 4.27. The minimum Gasteiger partial charge on any atom is -0.478 e. The summed E-state index contributed by atoms with van der Waals surface area (Å²) in [6.45, 7) is 0. The van der Waals surface area contributed by atoms with Gasteiger partial charge in [0.25, 0.3) is 0 Å². The molecule has 1 aromatic heterocycles. The topological polar surface area (TPSA) is 76.2 Å². The van der Waals surface area contributed by atoms with Crippen molar-refractivity contribution >= 4 is 5.97 Å². The highest BCUT2D eigenvalue weighted by molar-refractivity contribution is 6.00. The largest absolute Gasteiger partial charge is 0.478 e. The third-order valence-corrected chi connectivity index (χ3v) is 3.04. The highest BCUT2D eigenvalue weighted by Crippen LogP contribution is 2.34. The van der Waals surface area contributed by atoms with Gasteiger partial charge in [0.15, 0.2) is 0 Å². The van der Waals surface area contributed by atoms with Crippen molar-refractivity contribution in [3.63, 3.8) is 0 Å². The van der Waals surface area contributed by atoms with E-state index in [-0.39, 0.29) is 22.5 Å². The lowest BCUT2D eigenvalue weighted by Crippen LogP contribution is -2.02. The smallest absolute Gasteiger partial charge is 0.336 e. The van der Waals surface area contributed by atoms with Crippen LogP contribution in [0, 0.1) is 5.82 Å². The van der Waals surface area contributed by atoms with Crippen LogP contribution in [0.25, 0.3) is 22.5 Å². The Kier molecular flexibility index (Phi) is 3.19. The third kappa shape index (κ3) is 2.27. The molecule has 0 aliphatic heterocycles. The van der Waals surface area contributed by atoms with Crippen molar-refractivity contribution in [2.75, 3.05) is 0 Å². The van der Waals surface area contributed by atoms with Crippen LogP contribution in [0.2, 0.25) is 0 Å². The van der Waals surface area contributed by atoms with Crippen LogP contribution in [0.15, 0.2) is 53.4 Å². The van der Waals surface area contributed by atoms with E-state index in [1.54, 1.807) is 18.2 Å². The van der Waals surface area contributed by atoms with Gasteiger partial charge in [0.2, 0.25) is 12.2 Å². The molecule has 2 aromatic carbocycles. The van der Waals surface area contributed by atoms with E-state index < -0.39 is 11.8 Å². The molecule has 3 aromatic rings. The quantitative estimate of drug-likeness (QED) is 0.799. The number of hydrogen-bond donors (Lipinski definition) is 1. The molecule has 3 rings (SSSR count). The van der Waals surface area contributed by atoms with Crippen LogP contribution < -0.4 is 0 Å². The van der Waals surface area contributed by atoms with Gasteiger partial charge in [-0.15, -0.1) is 0 Å². The molecule has 0 saturated carbocycles. The molecule has 0 amide bonds. The Hall–Kier alpha value is -3.02. The Bertz CT molecular complexity index is 800. The highest BCUT2D eigenvalue weighted by atomic mass is 19.1. The molecule has 0 atom stereocenters. The van der Waals surface area contributed by atoms with Crippen LogP contribution in [-0.4, -0.2) is 21.2 Å². The molecule has 0 unspecified atom stereocenters. The Morgan fingerprint density at radius 3 is 2.52 bits per heavy atom. The average molecular weight is 284 g/mol. The van der Waals surface area contributed by atoms with E-state index in [1.807, 2.05) is 0 Å². The van der Waals surface area contributed by atoms with Crippen molar-refractivity contribution in [1.29, 1.82) is 0 Å². The van der Waals surface area contributed by atoms with Gasteiger partial charge in [0, 0.05) is 16.7 Å². The molecular weight excluding hydrogens is 275 g/mol. The maximum Gasteiger partial charge on any atom is 0.336 e. The van der Waals surface area contributed by atoms with Crippen molar-refractivity contribution in [2.45, 2.75) is 0 Å². The van der Waals surface area contributed by atoms with Gasteiger partial charge in [0.05, 0.1) is 5.56 Å². The van der Waals surface area contributed by atoms with Crippen LogP contribution in [0.3, 0.4) is 0 Å². The SMILES string of the molecule is O=C(O)c1cccc(-c2ncon2)c1-c1ccccc1F. The third-order valence-electron chi connectivity index (χ3n) is 3.04. The Morgan fingerprint density at radius 2 is 1.86 bits per heavy atom. The number of aromatic nitrogens is 2. The Labute approximate surface area is 118 Å². The first-order valence-electron chi connectivity index (χ1n) is 6.06. The molecule has 6 heteroatoms. The van der Waals surface area contributed by atoms with Gasteiger partial charge in [-0.05, 0) is 12.1 Å². The summed E-state index contributed by atoms with van der Waals surface area (Å²) in [4.78, 5) is 15.4. The molecule has 5 nitrogen and oxygen atoms in total. The van der Waals surface area contributed by atoms with Crippen LogP contribution in [0.1, 0.15) is 10.4 Å². The summed E-state index contributed by atoms with van der Waals surface area (Å²) in [7, 11) is 0. The van der Waals surface area contributed by atoms with Gasteiger partial charge in [-0.1, -0.05) is 35.5 Å². The number of benzene rings is 2. The van der Waals surface area contributed by atoms with E-state index in [0.29, 0.717) is 5.56 Å². The molecule has 104 valence electrons. The Balaban J connectivity index is 2.35. The van der Waals surface area contributed by atoms with Gasteiger partial charge in [-0.25, -0.2) is 9.18 Å². The first kappa shape index (κ1) is 13.0. The number of nitrogens with zero attached hydrogens (tertiary/aromatic N) is 2. The number of halogens is 1. The fourth-order valence-corrected chi connectivity index (χ4v) is 2.16. The summed E-state index contributed by atoms with van der Waals surface area (Å²) >= 11 is 0. The molecule has 0 bridgehead atoms. The van der Waals surface area contributed by atoms with Crippen LogP contribution >= 0.6 is 0 Å². The first-order valence-corrected chi connectivity index (χ1v) is 6.06. The molecule has 0 spiro atoms. The maximum atomic E-state index is 14.1. The Morgan fingerprint density at radius 1 is 1.10 bits per heavy atom. The summed E-state index contributed by atoms with van der Waals surface area (Å²) in [5, 5.41) is 13.1. The lowest BCUT2D eigenvalue weighted by molar-refractivity contribution is 0.0698. The summed E-state index contributed by atoms with van der Waals surface area (Å²) in [6.07, 6.45) is 1.13. The molecule has 0 fully saturated rings. The average Bonchev–Trinajstić information content (AvgIpc) is 3.01. The zero-order valence-corrected chi connectivity index (χ0v) is 10.7. The van der Waals surface area contributed by atoms with Crippen molar-refractivity contribution in [3.8, 4) is 22.5 Å². The number of aromatic carboxylic acids is 1. The van der Waals surface area contributed by atoms with Gasteiger partial charge >= 0.3 is 5.97 Å². The van der Waals surface area contributed by atoms with Crippen LogP contribution in [0.4, 0.5) is 4.39 Å². The van der Waals surface area contributed by atoms with Gasteiger partial charge in [0.1, 0.15) is 5.82 Å². The van der Waals surface area contributed by atoms with Crippen molar-refractivity contribution < 1.29 is 18.8 Å². The zero-order chi connectivity index (χ0) is 14.8. The molecule has 1 heterocycles. The second kappa shape index (κ2) is 5.16. The molecule has 1 N–H and O–H groups in total. The van der Waals surface area contributed by atoms with E-state index >= 15 is 0 Å². The number of hydrogen-bond acceptors (Lipinski definition) is 4. The minimum absolute atomic E-state index is 0.0256. The normalized spacial score (nSPS) is 10.5. The molecular formula is C15H9FN2O3. The van der Waals surface area contributed by atoms with Gasteiger partial charge < -0.3 is 9.63 Å². The number of rotatable bonds is 3. The monoisotopic (exact) mass is 284 g/mol. The van der Waals surface area contributed by atoms with E-state index in [9.17, 15) is 14.3 Å². The molecule has 0 aliphatic carbocycles. The van der Waals surface area contributed by atoms with E-state index in [0.717, 1.165) is 6.39 Å². The molecule has 0 saturated heterocycles. The second-order valence-electron chi connectivity index (χ2n) is 4.27. The summed E-state index contributed by atoms with van der Waals surface area (Å²) < 4.78 is 18.8. The van der Waals surface area contributed by atoms with Crippen LogP contribution in [0.5, 0.6) is 0 Å². The predicted molar refractivity (Wildman–Crippen MR) is 72.1 cm³/mol. The molecule has 0 radical (unpaired) electrons. The fraction of sp³-hybridized carbons (Fsp3) is 0. The fourth-order valence-electron chi connectivity index (χ4n) is 2.16. The molecule has 21 heavy (non-hydrogen) atoms. The van der Waals surface area contributed by atoms with E-state index in [1.165, 1.54) is 24.3 Å². The highest BCUT2D eigenvalue weighted by Gasteiger charge is 2.20. The number of carbonyl (C=O) groups is 1. The number of carboxylic acids is 1. The van der Waals surface area contributed by atoms with Gasteiger partial charge in [-0.3, -0.25) is 0 Å². The number of carboxylic acid groups (broad SMARTS) is 1. The molecule has 0 aliphatic rings. The van der Waals surface area contributed by atoms with Crippen LogP contribution in [-0.2, 0) is 0 Å². The van der Waals surface area contributed by atoms with Crippen molar-refractivity contribution in [3.05, 3.63) is 60.2 Å². The lowest BCUT2D eigenvalue weighted by atomic mass is 9.93. The minimum atomic E-state index is -1.15. The maximum absolute atomic E-state index is 14.1. The van der Waals surface area contributed by atoms with Gasteiger partial charge in [-0.2, -0.15) is 4.98 Å². The lowest BCUT2D eigenvalue weighted by Gasteiger charge is -2.11. The zero-order valence-electron chi connectivity index (χ0n) is 10.7. The van der Waals surface area contributed by atoms with E-state index in [4.69, 9.17) is 0 Å². The summed E-state index contributed by atoms with van der Waals surface area (Å²) in [5.74, 6) is -1.47. The first-order chi connectivity index (χ1) is 10.2. The summed E-state index contributed by atoms with van der Waals surface area (Å²) in [5.41, 5.74) is 0.774. The van der Waals surface area contributed by atoms with Crippen molar-refractivity contribution in [2.24, 2.45) is 0 Å². The van der Waals surface area contributed by atoms with E-state index in [2.05, 4.69) is 14.7 Å². The summed E-state index contributed by atoms with van der Waals surface area (Å²) in [6, 6.07) is 10.5. The standard InChI is InChI=1S/C15H9FN2O3/c16-12-7-2-1-4-9(12)13-10(14-17-8-21-18-14)5-3-6-11(13)15(19)20/h1-8H,(H,19,20).